The minimum atomic E-state index is -4.13. The van der Waals surface area contributed by atoms with Gasteiger partial charge in [-0.05, 0) is 18.2 Å². The van der Waals surface area contributed by atoms with Crippen molar-refractivity contribution in [3.8, 4) is 0 Å². The van der Waals surface area contributed by atoms with Gasteiger partial charge in [0.15, 0.2) is 0 Å². The van der Waals surface area contributed by atoms with Crippen molar-refractivity contribution in [2.45, 2.75) is 4.90 Å². The summed E-state index contributed by atoms with van der Waals surface area (Å²) < 4.78 is 29.3. The lowest BCUT2D eigenvalue weighted by atomic mass is 10.2. The van der Waals surface area contributed by atoms with Gasteiger partial charge in [-0.1, -0.05) is 15.9 Å². The number of hydrogen-bond donors (Lipinski definition) is 0. The van der Waals surface area contributed by atoms with Crippen LogP contribution in [0.5, 0.6) is 0 Å². The van der Waals surface area contributed by atoms with Crippen LogP contribution in [0.15, 0.2) is 57.2 Å². The zero-order valence-electron chi connectivity index (χ0n) is 15.7. The highest BCUT2D eigenvalue weighted by Crippen LogP contribution is 2.30. The van der Waals surface area contributed by atoms with E-state index in [0.29, 0.717) is 11.3 Å². The first-order chi connectivity index (χ1) is 13.6. The van der Waals surface area contributed by atoms with Crippen molar-refractivity contribution in [2.24, 2.45) is 5.10 Å². The Hall–Kier alpha value is -2.99. The molecule has 3 rings (SSSR count). The molecule has 0 saturated heterocycles. The van der Waals surface area contributed by atoms with Gasteiger partial charge in [0.05, 0.1) is 28.5 Å². The third kappa shape index (κ3) is 4.07. The van der Waals surface area contributed by atoms with E-state index in [9.17, 15) is 18.5 Å². The molecule has 0 unspecified atom stereocenters. The summed E-state index contributed by atoms with van der Waals surface area (Å²) in [5, 5.41) is 19.3. The van der Waals surface area contributed by atoms with Gasteiger partial charge in [-0.15, -0.1) is 0 Å². The van der Waals surface area contributed by atoms with Gasteiger partial charge in [0, 0.05) is 49.5 Å². The molecule has 0 N–H and O–H groups in total. The normalized spacial score (nSPS) is 11.9. The second-order valence-corrected chi connectivity index (χ2v) is 9.10. The minimum Gasteiger partial charge on any atom is -0.377 e. The molecule has 0 aliphatic heterocycles. The number of pyridine rings is 1. The van der Waals surface area contributed by atoms with Gasteiger partial charge in [0.25, 0.3) is 15.7 Å². The van der Waals surface area contributed by atoms with E-state index >= 15 is 0 Å². The van der Waals surface area contributed by atoms with E-state index in [1.165, 1.54) is 25.4 Å². The molecule has 0 radical (unpaired) electrons. The van der Waals surface area contributed by atoms with E-state index in [2.05, 4.69) is 26.1 Å². The van der Waals surface area contributed by atoms with Crippen molar-refractivity contribution in [2.75, 3.05) is 26.0 Å². The number of hydrogen-bond acceptors (Lipinski definition) is 7. The Morgan fingerprint density at radius 2 is 1.97 bits per heavy atom. The molecule has 0 aliphatic rings. The Morgan fingerprint density at radius 1 is 1.24 bits per heavy atom. The number of aromatic nitrogens is 2. The number of rotatable bonds is 6. The fourth-order valence-electron chi connectivity index (χ4n) is 2.61. The first-order valence-electron chi connectivity index (χ1n) is 8.23. The zero-order chi connectivity index (χ0) is 21.3. The van der Waals surface area contributed by atoms with Gasteiger partial charge in [0.1, 0.15) is 4.90 Å². The summed E-state index contributed by atoms with van der Waals surface area (Å²) in [4.78, 5) is 11.8. The molecular weight excluding hydrogens is 464 g/mol. The van der Waals surface area contributed by atoms with Gasteiger partial charge in [-0.25, -0.2) is 4.52 Å². The molecule has 1 aromatic carbocycles. The molecule has 12 heteroatoms. The summed E-state index contributed by atoms with van der Waals surface area (Å²) in [5.41, 5.74) is 1.34. The molecule has 0 atom stereocenters. The lowest BCUT2D eigenvalue weighted by Crippen LogP contribution is -2.24. The first kappa shape index (κ1) is 20.7. The third-order valence-electron chi connectivity index (χ3n) is 4.13. The molecule has 3 aromatic rings. The maximum Gasteiger partial charge on any atom is 0.281 e. The fraction of sp³-hybridized carbons (Fsp3) is 0.176. The molecule has 0 fully saturated rings. The Balaban J connectivity index is 2.00. The molecule has 2 aromatic heterocycles. The number of halogens is 1. The molecule has 0 spiro atoms. The lowest BCUT2D eigenvalue weighted by Gasteiger charge is -2.20. The number of nitro groups is 1. The van der Waals surface area contributed by atoms with Gasteiger partial charge >= 0.3 is 0 Å². The van der Waals surface area contributed by atoms with Gasteiger partial charge in [0.2, 0.25) is 0 Å². The van der Waals surface area contributed by atoms with Gasteiger partial charge in [-0.3, -0.25) is 10.1 Å². The number of nitro benzene ring substituents is 1. The lowest BCUT2D eigenvalue weighted by molar-refractivity contribution is -0.385. The quantitative estimate of drug-likeness (QED) is 0.304. The van der Waals surface area contributed by atoms with Crippen LogP contribution >= 0.6 is 15.9 Å². The van der Waals surface area contributed by atoms with Gasteiger partial charge in [-0.2, -0.15) is 23.0 Å². The maximum absolute atomic E-state index is 13.0. The van der Waals surface area contributed by atoms with Crippen molar-refractivity contribution in [1.82, 2.24) is 14.0 Å². The Labute approximate surface area is 175 Å². The largest absolute Gasteiger partial charge is 0.377 e. The Bertz CT molecular complexity index is 1220. The summed E-state index contributed by atoms with van der Waals surface area (Å²) in [6.07, 6.45) is 4.69. The van der Waals surface area contributed by atoms with Crippen molar-refractivity contribution < 1.29 is 13.3 Å². The van der Waals surface area contributed by atoms with E-state index in [4.69, 9.17) is 0 Å². The predicted molar refractivity (Wildman–Crippen MR) is 113 cm³/mol. The molecule has 152 valence electrons. The highest BCUT2D eigenvalue weighted by Gasteiger charge is 2.27. The number of anilines is 1. The molecule has 0 bridgehead atoms. The van der Waals surface area contributed by atoms with Crippen LogP contribution in [-0.4, -0.2) is 54.7 Å². The topological polar surface area (TPSA) is 113 Å². The van der Waals surface area contributed by atoms with Crippen LogP contribution in [0.1, 0.15) is 5.56 Å². The number of benzene rings is 1. The van der Waals surface area contributed by atoms with E-state index in [0.717, 1.165) is 20.5 Å². The molecule has 0 saturated carbocycles. The molecule has 10 nitrogen and oxygen atoms in total. The SMILES string of the molecule is CN(C)c1ccc([N+](=O)[O-])cc1S(=O)(=O)N(C)N=Cc1cnn2ccc(Br)cc12. The summed E-state index contributed by atoms with van der Waals surface area (Å²) in [6, 6.07) is 7.33. The molecule has 0 amide bonds. The molecule has 2 heterocycles. The fourth-order valence-corrected chi connectivity index (χ4v) is 4.19. The number of nitrogens with zero attached hydrogens (tertiary/aromatic N) is 6. The van der Waals surface area contributed by atoms with E-state index < -0.39 is 14.9 Å². The number of hydrazone groups is 1. The van der Waals surface area contributed by atoms with E-state index in [1.54, 1.807) is 35.9 Å². The molecule has 0 aliphatic carbocycles. The standard InChI is InChI=1S/C17H17BrN6O4S/c1-21(2)15-5-4-14(24(25)26)9-17(15)29(27,28)22(3)19-10-12-11-20-23-7-6-13(18)8-16(12)23/h4-11H,1-3H3. The highest BCUT2D eigenvalue weighted by atomic mass is 79.9. The van der Waals surface area contributed by atoms with Crippen LogP contribution in [0.3, 0.4) is 0 Å². The van der Waals surface area contributed by atoms with E-state index in [1.807, 2.05) is 12.1 Å². The number of fused-ring (bicyclic) bond motifs is 1. The highest BCUT2D eigenvalue weighted by molar-refractivity contribution is 9.10. The van der Waals surface area contributed by atoms with Crippen LogP contribution in [0, 0.1) is 10.1 Å². The maximum atomic E-state index is 13.0. The van der Waals surface area contributed by atoms with Crippen molar-refractivity contribution in [3.05, 3.63) is 62.9 Å². The van der Waals surface area contributed by atoms with E-state index in [-0.39, 0.29) is 10.6 Å². The average molecular weight is 481 g/mol. The van der Waals surface area contributed by atoms with Crippen LogP contribution in [0.25, 0.3) is 5.52 Å². The van der Waals surface area contributed by atoms with Crippen LogP contribution in [0.4, 0.5) is 11.4 Å². The van der Waals surface area contributed by atoms with Crippen LogP contribution in [0.2, 0.25) is 0 Å². The van der Waals surface area contributed by atoms with Crippen LogP contribution < -0.4 is 4.90 Å². The van der Waals surface area contributed by atoms with Crippen molar-refractivity contribution in [3.63, 3.8) is 0 Å². The second-order valence-electron chi connectivity index (χ2n) is 6.26. The van der Waals surface area contributed by atoms with Gasteiger partial charge < -0.3 is 4.90 Å². The minimum absolute atomic E-state index is 0.209. The smallest absolute Gasteiger partial charge is 0.281 e. The first-order valence-corrected chi connectivity index (χ1v) is 10.5. The van der Waals surface area contributed by atoms with Crippen molar-refractivity contribution in [1.29, 1.82) is 0 Å². The van der Waals surface area contributed by atoms with Crippen LogP contribution in [-0.2, 0) is 10.0 Å². The predicted octanol–water partition coefficient (Wildman–Crippen LogP) is 2.73. The van der Waals surface area contributed by atoms with Crippen molar-refractivity contribution >= 4 is 49.1 Å². The average Bonchev–Trinajstić information content (AvgIpc) is 3.07. The summed E-state index contributed by atoms with van der Waals surface area (Å²) in [6.45, 7) is 0. The third-order valence-corrected chi connectivity index (χ3v) is 6.30. The number of sulfonamides is 1. The summed E-state index contributed by atoms with van der Waals surface area (Å²) in [5.74, 6) is 0. The molecular formula is C17H17BrN6O4S. The molecule has 29 heavy (non-hydrogen) atoms. The Morgan fingerprint density at radius 3 is 2.62 bits per heavy atom. The number of non-ortho nitro benzene ring substituents is 1. The summed E-state index contributed by atoms with van der Waals surface area (Å²) in [7, 11) is 0.443. The summed E-state index contributed by atoms with van der Waals surface area (Å²) >= 11 is 3.38. The Kier molecular flexibility index (Phi) is 5.57. The zero-order valence-corrected chi connectivity index (χ0v) is 18.1. The second kappa shape index (κ2) is 7.79. The monoisotopic (exact) mass is 480 g/mol.